The lowest BCUT2D eigenvalue weighted by Gasteiger charge is -2.36. The van der Waals surface area contributed by atoms with Crippen molar-refractivity contribution in [3.63, 3.8) is 0 Å². The van der Waals surface area contributed by atoms with E-state index in [4.69, 9.17) is 0 Å². The summed E-state index contributed by atoms with van der Waals surface area (Å²) in [4.78, 5) is 28.4. The molecule has 0 aliphatic heterocycles. The van der Waals surface area contributed by atoms with Gasteiger partial charge in [-0.2, -0.15) is 9.36 Å². The van der Waals surface area contributed by atoms with Gasteiger partial charge in [0.15, 0.2) is 0 Å². The van der Waals surface area contributed by atoms with Gasteiger partial charge in [0.1, 0.15) is 5.54 Å². The number of thioether (sulfide) groups is 1. The van der Waals surface area contributed by atoms with Crippen LogP contribution in [0, 0.1) is 0 Å². The summed E-state index contributed by atoms with van der Waals surface area (Å²) in [5.41, 5.74) is 2.26. The third-order valence-corrected chi connectivity index (χ3v) is 6.10. The van der Waals surface area contributed by atoms with Crippen LogP contribution in [-0.2, 0) is 10.3 Å². The highest BCUT2D eigenvalue weighted by atomic mass is 32.2. The molecule has 0 atom stereocenters. The molecule has 1 heterocycles. The molecule has 4 aromatic rings. The van der Waals surface area contributed by atoms with Crippen molar-refractivity contribution in [2.75, 3.05) is 11.6 Å². The van der Waals surface area contributed by atoms with Crippen molar-refractivity contribution in [1.82, 2.24) is 9.36 Å². The van der Waals surface area contributed by atoms with Crippen LogP contribution in [0.1, 0.15) is 27.3 Å². The predicted octanol–water partition coefficient (Wildman–Crippen LogP) is 5.01. The molecule has 0 aliphatic carbocycles. The Hall–Kier alpha value is -3.29. The number of benzene rings is 3. The number of ketones is 1. The lowest BCUT2D eigenvalue weighted by molar-refractivity contribution is -0.107. The predicted molar refractivity (Wildman–Crippen MR) is 126 cm³/mol. The molecule has 4 rings (SSSR count). The maximum atomic E-state index is 12.2. The maximum Gasteiger partial charge on any atom is 0.277 e. The zero-order valence-corrected chi connectivity index (χ0v) is 18.3. The molecule has 0 spiro atoms. The number of Topliss-reactive ketones (excluding diaryl/α,β-unsaturated/α-hetero) is 1. The van der Waals surface area contributed by atoms with Gasteiger partial charge in [0.25, 0.3) is 10.9 Å². The fourth-order valence-electron chi connectivity index (χ4n) is 3.49. The lowest BCUT2D eigenvalue weighted by Crippen LogP contribution is -2.38. The van der Waals surface area contributed by atoms with E-state index in [1.165, 1.54) is 0 Å². The Morgan fingerprint density at radius 1 is 0.806 bits per heavy atom. The number of hydrogen-bond donors (Lipinski definition) is 1. The molecule has 0 amide bonds. The standard InChI is InChI=1S/C24H19N3O2S2/c1-30-22(29)20(28)21-25-23(31-27-21)26-24(17-11-5-2-6-12-17,18-13-7-3-8-14-18)19-15-9-4-10-16-19/h2-16H,1H3,(H,25,26,27). The van der Waals surface area contributed by atoms with Crippen LogP contribution in [-0.4, -0.2) is 26.5 Å². The molecule has 0 aliphatic rings. The van der Waals surface area contributed by atoms with Crippen LogP contribution in [0.2, 0.25) is 0 Å². The molecule has 7 heteroatoms. The largest absolute Gasteiger partial charge is 0.343 e. The normalized spacial score (nSPS) is 11.1. The van der Waals surface area contributed by atoms with Gasteiger partial charge in [0.05, 0.1) is 0 Å². The van der Waals surface area contributed by atoms with Gasteiger partial charge in [-0.3, -0.25) is 9.59 Å². The van der Waals surface area contributed by atoms with Crippen molar-refractivity contribution < 1.29 is 9.59 Å². The van der Waals surface area contributed by atoms with Crippen molar-refractivity contribution in [3.8, 4) is 0 Å². The monoisotopic (exact) mass is 445 g/mol. The van der Waals surface area contributed by atoms with Crippen LogP contribution in [0.25, 0.3) is 0 Å². The third kappa shape index (κ3) is 4.15. The second-order valence-electron chi connectivity index (χ2n) is 6.72. The van der Waals surface area contributed by atoms with E-state index in [1.807, 2.05) is 54.6 Å². The fraction of sp³-hybridized carbons (Fsp3) is 0.0833. The summed E-state index contributed by atoms with van der Waals surface area (Å²) >= 11 is 1.92. The van der Waals surface area contributed by atoms with Crippen LogP contribution in [0.15, 0.2) is 91.0 Å². The molecule has 3 aromatic carbocycles. The van der Waals surface area contributed by atoms with E-state index in [0.29, 0.717) is 5.13 Å². The van der Waals surface area contributed by atoms with E-state index in [9.17, 15) is 9.59 Å². The molecule has 0 radical (unpaired) electrons. The van der Waals surface area contributed by atoms with Crippen molar-refractivity contribution in [3.05, 3.63) is 114 Å². The molecule has 5 nitrogen and oxygen atoms in total. The van der Waals surface area contributed by atoms with Crippen LogP contribution < -0.4 is 5.32 Å². The molecule has 154 valence electrons. The Labute approximate surface area is 188 Å². The minimum atomic E-state index is -0.771. The highest BCUT2D eigenvalue weighted by Crippen LogP contribution is 2.40. The summed E-state index contributed by atoms with van der Waals surface area (Å²) in [5.74, 6) is -0.781. The molecule has 0 bridgehead atoms. The zero-order valence-electron chi connectivity index (χ0n) is 16.7. The first-order valence-corrected chi connectivity index (χ1v) is 11.6. The van der Waals surface area contributed by atoms with Gasteiger partial charge in [-0.15, -0.1) is 0 Å². The molecule has 0 fully saturated rings. The molecule has 1 aromatic heterocycles. The summed E-state index contributed by atoms with van der Waals surface area (Å²) in [7, 11) is 0. The number of aromatic nitrogens is 2. The smallest absolute Gasteiger partial charge is 0.277 e. The average Bonchev–Trinajstić information content (AvgIpc) is 3.31. The van der Waals surface area contributed by atoms with Gasteiger partial charge in [0, 0.05) is 11.5 Å². The van der Waals surface area contributed by atoms with E-state index in [0.717, 1.165) is 40.0 Å². The number of hydrogen-bond acceptors (Lipinski definition) is 7. The van der Waals surface area contributed by atoms with Gasteiger partial charge in [-0.25, -0.2) is 0 Å². The van der Waals surface area contributed by atoms with Crippen molar-refractivity contribution in [2.24, 2.45) is 0 Å². The van der Waals surface area contributed by atoms with Crippen molar-refractivity contribution >= 4 is 39.3 Å². The van der Waals surface area contributed by atoms with Gasteiger partial charge < -0.3 is 5.32 Å². The number of nitrogens with zero attached hydrogens (tertiary/aromatic N) is 2. The van der Waals surface area contributed by atoms with Gasteiger partial charge >= 0.3 is 0 Å². The Balaban J connectivity index is 1.88. The summed E-state index contributed by atoms with van der Waals surface area (Å²) in [6, 6.07) is 30.2. The Morgan fingerprint density at radius 3 is 1.68 bits per heavy atom. The van der Waals surface area contributed by atoms with Crippen LogP contribution in [0.3, 0.4) is 0 Å². The van der Waals surface area contributed by atoms with E-state index < -0.39 is 16.4 Å². The fourth-order valence-corrected chi connectivity index (χ4v) is 4.39. The first-order valence-electron chi connectivity index (χ1n) is 9.56. The minimum Gasteiger partial charge on any atom is -0.343 e. The zero-order chi connectivity index (χ0) is 21.7. The highest BCUT2D eigenvalue weighted by Gasteiger charge is 2.37. The third-order valence-electron chi connectivity index (χ3n) is 4.91. The van der Waals surface area contributed by atoms with E-state index in [-0.39, 0.29) is 5.82 Å². The molecule has 0 saturated heterocycles. The molecule has 1 N–H and O–H groups in total. The maximum absolute atomic E-state index is 12.2. The highest BCUT2D eigenvalue weighted by molar-refractivity contribution is 8.14. The van der Waals surface area contributed by atoms with Crippen LogP contribution in [0.5, 0.6) is 0 Å². The summed E-state index contributed by atoms with van der Waals surface area (Å²) in [6.07, 6.45) is 1.57. The van der Waals surface area contributed by atoms with E-state index in [2.05, 4.69) is 51.1 Å². The molecule has 0 saturated carbocycles. The topological polar surface area (TPSA) is 72.0 Å². The SMILES string of the molecule is CSC(=O)C(=O)c1nsc(NC(c2ccccc2)(c2ccccc2)c2ccccc2)n1. The molecule has 0 unspecified atom stereocenters. The van der Waals surface area contributed by atoms with Crippen molar-refractivity contribution in [2.45, 2.75) is 5.54 Å². The first kappa shape index (κ1) is 21.0. The summed E-state index contributed by atoms with van der Waals surface area (Å²) < 4.78 is 4.13. The number of carbonyl (C=O) groups excluding carboxylic acids is 2. The number of carbonyl (C=O) groups is 2. The lowest BCUT2D eigenvalue weighted by atomic mass is 9.77. The average molecular weight is 446 g/mol. The quantitative estimate of drug-likeness (QED) is 0.245. The van der Waals surface area contributed by atoms with Crippen LogP contribution in [0.4, 0.5) is 5.13 Å². The number of anilines is 1. The second-order valence-corrected chi connectivity index (χ2v) is 8.25. The van der Waals surface area contributed by atoms with E-state index >= 15 is 0 Å². The molecular formula is C24H19N3O2S2. The van der Waals surface area contributed by atoms with Gasteiger partial charge in [-0.1, -0.05) is 103 Å². The first-order chi connectivity index (χ1) is 15.1. The number of rotatable bonds is 7. The Kier molecular flexibility index (Phi) is 6.25. The summed E-state index contributed by atoms with van der Waals surface area (Å²) in [5, 5.41) is 3.42. The van der Waals surface area contributed by atoms with E-state index in [1.54, 1.807) is 6.26 Å². The van der Waals surface area contributed by atoms with Crippen LogP contribution >= 0.6 is 23.3 Å². The molecular weight excluding hydrogens is 426 g/mol. The Morgan fingerprint density at radius 2 is 1.26 bits per heavy atom. The summed E-state index contributed by atoms with van der Waals surface area (Å²) in [6.45, 7) is 0. The molecule has 31 heavy (non-hydrogen) atoms. The minimum absolute atomic E-state index is 0.0880. The van der Waals surface area contributed by atoms with Crippen molar-refractivity contribution in [1.29, 1.82) is 0 Å². The second kappa shape index (κ2) is 9.24. The Bertz CT molecular complexity index is 1080. The van der Waals surface area contributed by atoms with Gasteiger partial charge in [0.2, 0.25) is 11.0 Å². The van der Waals surface area contributed by atoms with Gasteiger partial charge in [-0.05, 0) is 22.9 Å². The number of nitrogens with one attached hydrogen (secondary N) is 1.